The van der Waals surface area contributed by atoms with E-state index < -0.39 is 12.7 Å². The number of amides is 2. The zero-order valence-corrected chi connectivity index (χ0v) is 22.4. The van der Waals surface area contributed by atoms with Crippen LogP contribution >= 0.6 is 0 Å². The van der Waals surface area contributed by atoms with Crippen molar-refractivity contribution in [2.45, 2.75) is 57.9 Å². The average Bonchev–Trinajstić information content (AvgIpc) is 3.56. The van der Waals surface area contributed by atoms with Crippen LogP contribution < -0.4 is 10.6 Å². The molecule has 2 saturated heterocycles. The van der Waals surface area contributed by atoms with Crippen LogP contribution in [0.5, 0.6) is 0 Å². The van der Waals surface area contributed by atoms with Crippen LogP contribution in [0.15, 0.2) is 48.5 Å². The van der Waals surface area contributed by atoms with Gasteiger partial charge < -0.3 is 20.3 Å². The fourth-order valence-corrected chi connectivity index (χ4v) is 5.09. The van der Waals surface area contributed by atoms with E-state index in [4.69, 9.17) is 4.74 Å². The zero-order chi connectivity index (χ0) is 27.8. The first-order valence-corrected chi connectivity index (χ1v) is 13.6. The van der Waals surface area contributed by atoms with Gasteiger partial charge in [0, 0.05) is 56.0 Å². The molecule has 4 heterocycles. The van der Waals surface area contributed by atoms with Crippen molar-refractivity contribution in [2.75, 3.05) is 43.5 Å². The SMILES string of the molecule is CC.O=C1Nc2cc3[nH]nc(NC4CCOCC4)c3cc2CN1C1CCN(CC(F)(F)F)C1.c1ccccc1. The van der Waals surface area contributed by atoms with Crippen LogP contribution in [0.25, 0.3) is 10.9 Å². The smallest absolute Gasteiger partial charge is 0.381 e. The van der Waals surface area contributed by atoms with E-state index in [0.717, 1.165) is 48.3 Å². The number of carbonyl (C=O) groups is 1. The molecule has 0 spiro atoms. The number of H-pyrrole nitrogens is 1. The molecular weight excluding hydrogens is 509 g/mol. The number of aromatic nitrogens is 2. The second-order valence-electron chi connectivity index (χ2n) is 9.66. The molecule has 6 rings (SSSR count). The first-order chi connectivity index (χ1) is 18.9. The van der Waals surface area contributed by atoms with Crippen molar-refractivity contribution in [3.63, 3.8) is 0 Å². The van der Waals surface area contributed by atoms with E-state index in [2.05, 4.69) is 20.8 Å². The summed E-state index contributed by atoms with van der Waals surface area (Å²) >= 11 is 0. The van der Waals surface area contributed by atoms with Crippen LogP contribution in [0.3, 0.4) is 0 Å². The molecule has 39 heavy (non-hydrogen) atoms. The fraction of sp³-hybridized carbons (Fsp3) is 0.500. The molecule has 212 valence electrons. The van der Waals surface area contributed by atoms with Gasteiger partial charge in [0.15, 0.2) is 5.82 Å². The second kappa shape index (κ2) is 13.2. The van der Waals surface area contributed by atoms with E-state index in [1.807, 2.05) is 62.4 Å². The van der Waals surface area contributed by atoms with Crippen molar-refractivity contribution in [3.05, 3.63) is 54.1 Å². The summed E-state index contributed by atoms with van der Waals surface area (Å²) in [7, 11) is 0. The summed E-state index contributed by atoms with van der Waals surface area (Å²) in [5.41, 5.74) is 2.46. The largest absolute Gasteiger partial charge is 0.401 e. The van der Waals surface area contributed by atoms with E-state index in [0.29, 0.717) is 31.2 Å². The van der Waals surface area contributed by atoms with Crippen LogP contribution in [-0.4, -0.2) is 77.1 Å². The average molecular weight is 547 g/mol. The third-order valence-electron chi connectivity index (χ3n) is 6.95. The summed E-state index contributed by atoms with van der Waals surface area (Å²) in [6.07, 6.45) is -1.87. The van der Waals surface area contributed by atoms with Crippen molar-refractivity contribution in [2.24, 2.45) is 0 Å². The predicted molar refractivity (Wildman–Crippen MR) is 147 cm³/mol. The number of aromatic amines is 1. The van der Waals surface area contributed by atoms with Gasteiger partial charge in [-0.15, -0.1) is 0 Å². The number of hydrogen-bond acceptors (Lipinski definition) is 5. The lowest BCUT2D eigenvalue weighted by atomic mass is 10.0. The molecule has 3 N–H and O–H groups in total. The summed E-state index contributed by atoms with van der Waals surface area (Å²) in [4.78, 5) is 15.7. The number of rotatable bonds is 4. The van der Waals surface area contributed by atoms with Gasteiger partial charge >= 0.3 is 12.2 Å². The number of nitrogens with one attached hydrogen (secondary N) is 3. The monoisotopic (exact) mass is 546 g/mol. The van der Waals surface area contributed by atoms with Crippen molar-refractivity contribution in [3.8, 4) is 0 Å². The summed E-state index contributed by atoms with van der Waals surface area (Å²) in [5.74, 6) is 0.769. The van der Waals surface area contributed by atoms with Gasteiger partial charge in [-0.3, -0.25) is 10.00 Å². The number of benzene rings is 2. The molecule has 0 radical (unpaired) electrons. The Morgan fingerprint density at radius 3 is 2.36 bits per heavy atom. The first kappa shape index (κ1) is 28.7. The van der Waals surface area contributed by atoms with Crippen LogP contribution in [0.1, 0.15) is 38.7 Å². The Balaban J connectivity index is 0.000000385. The summed E-state index contributed by atoms with van der Waals surface area (Å²) < 4.78 is 43.6. The maximum atomic E-state index is 12.7. The van der Waals surface area contributed by atoms with Gasteiger partial charge in [-0.1, -0.05) is 50.2 Å². The van der Waals surface area contributed by atoms with E-state index in [1.54, 1.807) is 4.90 Å². The number of alkyl halides is 3. The van der Waals surface area contributed by atoms with Gasteiger partial charge in [-0.05, 0) is 37.0 Å². The number of urea groups is 1. The zero-order valence-electron chi connectivity index (χ0n) is 22.4. The quantitative estimate of drug-likeness (QED) is 0.382. The molecule has 2 fully saturated rings. The molecule has 8 nitrogen and oxygen atoms in total. The third kappa shape index (κ3) is 7.63. The Kier molecular flexibility index (Phi) is 9.68. The highest BCUT2D eigenvalue weighted by molar-refractivity contribution is 5.99. The number of hydrogen-bond donors (Lipinski definition) is 3. The van der Waals surface area contributed by atoms with Gasteiger partial charge in [0.25, 0.3) is 0 Å². The Morgan fingerprint density at radius 2 is 1.72 bits per heavy atom. The molecule has 2 aromatic carbocycles. The molecule has 11 heteroatoms. The van der Waals surface area contributed by atoms with Crippen molar-refractivity contribution in [1.82, 2.24) is 20.0 Å². The van der Waals surface area contributed by atoms with Gasteiger partial charge in [-0.25, -0.2) is 4.79 Å². The standard InChI is InChI=1S/C20H25F3N6O2.C6H6.C2H6/c21-20(22,23)11-28-4-1-14(10-28)29-9-12-7-15-17(8-16(12)25-19(29)30)26-27-18(15)24-13-2-5-31-6-3-13;1-2-4-6-5-3-1;1-2/h7-8,13-14H,1-6,9-11H2,(H,25,30)(H2,24,26,27);1-6H;1-2H3. The minimum absolute atomic E-state index is 0.229. The molecule has 0 aliphatic carbocycles. The molecule has 1 unspecified atom stereocenters. The Bertz CT molecular complexity index is 1170. The van der Waals surface area contributed by atoms with Crippen LogP contribution in [0.4, 0.5) is 29.5 Å². The Hall–Kier alpha value is -3.31. The molecule has 3 aliphatic rings. The normalized spacial score (nSPS) is 19.9. The molecule has 0 bridgehead atoms. The number of likely N-dealkylation sites (tertiary alicyclic amines) is 1. The van der Waals surface area contributed by atoms with Crippen LogP contribution in [-0.2, 0) is 11.3 Å². The van der Waals surface area contributed by atoms with E-state index in [-0.39, 0.29) is 18.6 Å². The lowest BCUT2D eigenvalue weighted by molar-refractivity contribution is -0.143. The van der Waals surface area contributed by atoms with Crippen molar-refractivity contribution < 1.29 is 22.7 Å². The number of fused-ring (bicyclic) bond motifs is 2. The number of ether oxygens (including phenoxy) is 1. The van der Waals surface area contributed by atoms with Gasteiger partial charge in [-0.2, -0.15) is 18.3 Å². The lowest BCUT2D eigenvalue weighted by Gasteiger charge is -2.34. The van der Waals surface area contributed by atoms with Crippen molar-refractivity contribution in [1.29, 1.82) is 0 Å². The van der Waals surface area contributed by atoms with E-state index in [1.165, 1.54) is 4.90 Å². The molecule has 1 atom stereocenters. The van der Waals surface area contributed by atoms with Gasteiger partial charge in [0.1, 0.15) is 0 Å². The summed E-state index contributed by atoms with van der Waals surface area (Å²) in [6, 6.07) is 15.7. The summed E-state index contributed by atoms with van der Waals surface area (Å²) in [6.45, 7) is 5.44. The third-order valence-corrected chi connectivity index (χ3v) is 6.95. The number of halogens is 3. The molecule has 3 aromatic rings. The molecule has 3 aliphatic heterocycles. The highest BCUT2D eigenvalue weighted by Crippen LogP contribution is 2.33. The first-order valence-electron chi connectivity index (χ1n) is 13.6. The molecule has 1 aromatic heterocycles. The van der Waals surface area contributed by atoms with E-state index >= 15 is 0 Å². The maximum Gasteiger partial charge on any atom is 0.401 e. The number of nitrogens with zero attached hydrogens (tertiary/aromatic N) is 3. The molecule has 0 saturated carbocycles. The van der Waals surface area contributed by atoms with E-state index in [9.17, 15) is 18.0 Å². The highest BCUT2D eigenvalue weighted by Gasteiger charge is 2.38. The lowest BCUT2D eigenvalue weighted by Crippen LogP contribution is -2.46. The minimum Gasteiger partial charge on any atom is -0.381 e. The van der Waals surface area contributed by atoms with Crippen LogP contribution in [0, 0.1) is 0 Å². The molecule has 2 amide bonds. The van der Waals surface area contributed by atoms with Gasteiger partial charge in [0.05, 0.1) is 12.1 Å². The Labute approximate surface area is 226 Å². The summed E-state index contributed by atoms with van der Waals surface area (Å²) in [5, 5.41) is 14.7. The highest BCUT2D eigenvalue weighted by atomic mass is 19.4. The fourth-order valence-electron chi connectivity index (χ4n) is 5.09. The minimum atomic E-state index is -4.23. The maximum absolute atomic E-state index is 12.7. The number of anilines is 2. The van der Waals surface area contributed by atoms with Crippen molar-refractivity contribution >= 4 is 28.4 Å². The predicted octanol–water partition coefficient (Wildman–Crippen LogP) is 5.85. The number of carbonyl (C=O) groups excluding carboxylic acids is 1. The van der Waals surface area contributed by atoms with Crippen LogP contribution in [0.2, 0.25) is 0 Å². The second-order valence-corrected chi connectivity index (χ2v) is 9.66. The Morgan fingerprint density at radius 1 is 1.05 bits per heavy atom. The molecular formula is C28H37F3N6O2. The van der Waals surface area contributed by atoms with Gasteiger partial charge in [0.2, 0.25) is 0 Å². The topological polar surface area (TPSA) is 85.5 Å².